The maximum atomic E-state index is 14.6. The highest BCUT2D eigenvalue weighted by Gasteiger charge is 2.20. The minimum atomic E-state index is -1.13. The Balaban J connectivity index is 1.86. The number of para-hydroxylation sites is 1. The van der Waals surface area contributed by atoms with Gasteiger partial charge in [0.15, 0.2) is 0 Å². The van der Waals surface area contributed by atoms with Crippen LogP contribution in [0.5, 0.6) is 0 Å². The Hall–Kier alpha value is -1.42. The molecular weight excluding hydrogens is 324 g/mol. The van der Waals surface area contributed by atoms with Crippen LogP contribution < -0.4 is 5.32 Å². The molecule has 0 saturated carbocycles. The average Bonchev–Trinajstić information content (AvgIpc) is 2.85. The smallest absolute Gasteiger partial charge is 0.131 e. The number of halogens is 3. The Labute approximate surface area is 125 Å². The van der Waals surface area contributed by atoms with Crippen LogP contribution in [0, 0.1) is 5.82 Å². The van der Waals surface area contributed by atoms with Crippen LogP contribution in [0.3, 0.4) is 0 Å². The molecule has 0 aromatic heterocycles. The normalized spacial score (nSPS) is 14.8. The van der Waals surface area contributed by atoms with Gasteiger partial charge in [-0.2, -0.15) is 0 Å². The predicted molar refractivity (Wildman–Crippen MR) is 80.3 cm³/mol. The fourth-order valence-corrected chi connectivity index (χ4v) is 3.19. The molecule has 1 atom stereocenters. The van der Waals surface area contributed by atoms with Gasteiger partial charge < -0.3 is 5.32 Å². The zero-order chi connectivity index (χ0) is 14.1. The van der Waals surface area contributed by atoms with E-state index >= 15 is 0 Å². The third-order valence-electron chi connectivity index (χ3n) is 3.55. The molecule has 3 rings (SSSR count). The van der Waals surface area contributed by atoms with Gasteiger partial charge >= 0.3 is 0 Å². The first-order chi connectivity index (χ1) is 9.63. The summed E-state index contributed by atoms with van der Waals surface area (Å²) in [6.45, 7) is 0.852. The first-order valence-electron chi connectivity index (χ1n) is 6.58. The molecule has 0 bridgehead atoms. The molecule has 0 radical (unpaired) electrons. The summed E-state index contributed by atoms with van der Waals surface area (Å²) in [6, 6.07) is 10.2. The Bertz CT molecular complexity index is 622. The molecule has 1 unspecified atom stereocenters. The fourth-order valence-electron chi connectivity index (χ4n) is 2.67. The molecular formula is C16H14BrF2N. The van der Waals surface area contributed by atoms with Crippen LogP contribution in [0.1, 0.15) is 22.9 Å². The molecule has 4 heteroatoms. The lowest BCUT2D eigenvalue weighted by atomic mass is 9.99. The van der Waals surface area contributed by atoms with E-state index in [4.69, 9.17) is 0 Å². The topological polar surface area (TPSA) is 12.0 Å². The van der Waals surface area contributed by atoms with Crippen molar-refractivity contribution in [3.05, 3.63) is 63.4 Å². The van der Waals surface area contributed by atoms with Crippen molar-refractivity contribution in [2.45, 2.75) is 19.0 Å². The summed E-state index contributed by atoms with van der Waals surface area (Å²) in [5.41, 5.74) is 3.39. The summed E-state index contributed by atoms with van der Waals surface area (Å²) in [4.78, 5) is 0. The monoisotopic (exact) mass is 337 g/mol. The van der Waals surface area contributed by atoms with E-state index in [0.717, 1.165) is 24.2 Å². The number of alkyl halides is 1. The van der Waals surface area contributed by atoms with Gasteiger partial charge in [0.05, 0.1) is 0 Å². The van der Waals surface area contributed by atoms with Gasteiger partial charge in [-0.1, -0.05) is 34.1 Å². The van der Waals surface area contributed by atoms with Crippen molar-refractivity contribution in [3.63, 3.8) is 0 Å². The number of anilines is 1. The van der Waals surface area contributed by atoms with Crippen LogP contribution in [0.2, 0.25) is 0 Å². The summed E-state index contributed by atoms with van der Waals surface area (Å²) in [5.74, 6) is -0.349. The Morgan fingerprint density at radius 1 is 1.25 bits per heavy atom. The van der Waals surface area contributed by atoms with E-state index < -0.39 is 6.17 Å². The van der Waals surface area contributed by atoms with Crippen LogP contribution in [0.4, 0.5) is 14.5 Å². The van der Waals surface area contributed by atoms with Crippen molar-refractivity contribution >= 4 is 21.6 Å². The highest BCUT2D eigenvalue weighted by molar-refractivity contribution is 9.10. The first kappa shape index (κ1) is 13.6. The van der Waals surface area contributed by atoms with Gasteiger partial charge in [0.1, 0.15) is 12.0 Å². The third kappa shape index (κ3) is 2.70. The molecule has 0 amide bonds. The zero-order valence-electron chi connectivity index (χ0n) is 10.8. The van der Waals surface area contributed by atoms with Crippen LogP contribution >= 0.6 is 15.9 Å². The van der Waals surface area contributed by atoms with E-state index in [1.165, 1.54) is 12.1 Å². The third-order valence-corrected chi connectivity index (χ3v) is 4.01. The van der Waals surface area contributed by atoms with Crippen molar-refractivity contribution in [2.24, 2.45) is 0 Å². The number of nitrogens with one attached hydrogen (secondary N) is 1. The van der Waals surface area contributed by atoms with Crippen molar-refractivity contribution in [2.75, 3.05) is 11.9 Å². The molecule has 2 aromatic carbocycles. The van der Waals surface area contributed by atoms with Crippen LogP contribution in [-0.4, -0.2) is 6.54 Å². The number of hydrogen-bond donors (Lipinski definition) is 1. The minimum Gasteiger partial charge on any atom is -0.384 e. The van der Waals surface area contributed by atoms with Gasteiger partial charge in [0.25, 0.3) is 0 Å². The SMILES string of the molecule is Fc1cc(Br)cc(CC(F)c2cccc3c2NCC3)c1. The quantitative estimate of drug-likeness (QED) is 0.847. The summed E-state index contributed by atoms with van der Waals surface area (Å²) in [5, 5.41) is 3.23. The Morgan fingerprint density at radius 2 is 2.10 bits per heavy atom. The van der Waals surface area contributed by atoms with E-state index in [1.807, 2.05) is 12.1 Å². The second-order valence-electron chi connectivity index (χ2n) is 5.01. The van der Waals surface area contributed by atoms with Crippen molar-refractivity contribution in [3.8, 4) is 0 Å². The molecule has 0 saturated heterocycles. The molecule has 20 heavy (non-hydrogen) atoms. The summed E-state index contributed by atoms with van der Waals surface area (Å²) < 4.78 is 28.5. The van der Waals surface area contributed by atoms with Crippen LogP contribution in [-0.2, 0) is 12.8 Å². The maximum absolute atomic E-state index is 14.6. The number of benzene rings is 2. The van der Waals surface area contributed by atoms with E-state index in [9.17, 15) is 8.78 Å². The van der Waals surface area contributed by atoms with Crippen LogP contribution in [0.15, 0.2) is 40.9 Å². The molecule has 0 aliphatic carbocycles. The molecule has 2 aromatic rings. The summed E-state index contributed by atoms with van der Waals surface area (Å²) in [6.07, 6.45) is -0.0279. The molecule has 104 valence electrons. The second-order valence-corrected chi connectivity index (χ2v) is 5.92. The van der Waals surface area contributed by atoms with Crippen molar-refractivity contribution < 1.29 is 8.78 Å². The zero-order valence-corrected chi connectivity index (χ0v) is 12.4. The second kappa shape index (κ2) is 5.52. The van der Waals surface area contributed by atoms with Crippen molar-refractivity contribution in [1.82, 2.24) is 0 Å². The summed E-state index contributed by atoms with van der Waals surface area (Å²) >= 11 is 3.23. The van der Waals surface area contributed by atoms with Gasteiger partial charge in [0, 0.05) is 28.7 Å². The van der Waals surface area contributed by atoms with Gasteiger partial charge in [-0.15, -0.1) is 0 Å². The van der Waals surface area contributed by atoms with Gasteiger partial charge in [-0.05, 0) is 35.7 Å². The highest BCUT2D eigenvalue weighted by atomic mass is 79.9. The lowest BCUT2D eigenvalue weighted by Gasteiger charge is -2.14. The highest BCUT2D eigenvalue weighted by Crippen LogP contribution is 2.34. The van der Waals surface area contributed by atoms with Gasteiger partial charge in [-0.25, -0.2) is 8.78 Å². The molecule has 1 nitrogen and oxygen atoms in total. The molecule has 1 aliphatic rings. The summed E-state index contributed by atoms with van der Waals surface area (Å²) in [7, 11) is 0. The predicted octanol–water partition coefficient (Wildman–Crippen LogP) is 4.81. The fraction of sp³-hybridized carbons (Fsp3) is 0.250. The molecule has 1 heterocycles. The average molecular weight is 338 g/mol. The standard InChI is InChI=1S/C16H14BrF2N/c17-12-6-10(7-13(18)9-12)8-15(19)14-3-1-2-11-4-5-20-16(11)14/h1-3,6-7,9,15,20H,4-5,8H2. The molecule has 1 N–H and O–H groups in total. The number of rotatable bonds is 3. The lowest BCUT2D eigenvalue weighted by molar-refractivity contribution is 0.343. The first-order valence-corrected chi connectivity index (χ1v) is 7.37. The number of fused-ring (bicyclic) bond motifs is 1. The molecule has 1 aliphatic heterocycles. The number of hydrogen-bond acceptors (Lipinski definition) is 1. The molecule has 0 spiro atoms. The van der Waals surface area contributed by atoms with Gasteiger partial charge in [-0.3, -0.25) is 0 Å². The lowest BCUT2D eigenvalue weighted by Crippen LogP contribution is -2.02. The van der Waals surface area contributed by atoms with Gasteiger partial charge in [0.2, 0.25) is 0 Å². The Morgan fingerprint density at radius 3 is 2.90 bits per heavy atom. The minimum absolute atomic E-state index is 0.175. The van der Waals surface area contributed by atoms with E-state index in [-0.39, 0.29) is 12.2 Å². The van der Waals surface area contributed by atoms with E-state index in [2.05, 4.69) is 21.2 Å². The van der Waals surface area contributed by atoms with E-state index in [1.54, 1.807) is 12.1 Å². The Kier molecular flexibility index (Phi) is 3.74. The maximum Gasteiger partial charge on any atom is 0.131 e. The van der Waals surface area contributed by atoms with Crippen molar-refractivity contribution in [1.29, 1.82) is 0 Å². The molecule has 0 fully saturated rings. The van der Waals surface area contributed by atoms with Crippen LogP contribution in [0.25, 0.3) is 0 Å². The van der Waals surface area contributed by atoms with E-state index in [0.29, 0.717) is 15.6 Å². The largest absolute Gasteiger partial charge is 0.384 e.